The molecule has 132 valence electrons. The molecule has 0 aliphatic rings. The van der Waals surface area contributed by atoms with E-state index in [4.69, 9.17) is 0 Å². The molecule has 2 atom stereocenters. The van der Waals surface area contributed by atoms with Crippen molar-refractivity contribution in [1.29, 1.82) is 0 Å². The molecule has 0 aliphatic heterocycles. The molecule has 0 heterocycles. The van der Waals surface area contributed by atoms with Crippen LogP contribution < -0.4 is 0 Å². The average Bonchev–Trinajstić information content (AvgIpc) is 2.45. The van der Waals surface area contributed by atoms with E-state index < -0.39 is 19.3 Å². The minimum atomic E-state index is -3.45. The topological polar surface area (TPSA) is 34.1 Å². The Labute approximate surface area is 144 Å². The maximum Gasteiger partial charge on any atom is 0.168 e. The Kier molecular flexibility index (Phi) is 8.26. The third-order valence-corrected chi connectivity index (χ3v) is 7.68. The van der Waals surface area contributed by atoms with Crippen LogP contribution in [0.5, 0.6) is 0 Å². The van der Waals surface area contributed by atoms with E-state index in [0.29, 0.717) is 12.8 Å². The van der Waals surface area contributed by atoms with Crippen molar-refractivity contribution in [2.24, 2.45) is 0 Å². The van der Waals surface area contributed by atoms with Crippen molar-refractivity contribution in [2.75, 3.05) is 0 Å². The van der Waals surface area contributed by atoms with Crippen LogP contribution in [0, 0.1) is 0 Å². The highest BCUT2D eigenvalue weighted by atomic mass is 32.2. The number of hydrogen-bond acceptors (Lipinski definition) is 2. The first-order valence-electron chi connectivity index (χ1n) is 8.24. The molecule has 0 aromatic carbocycles. The molecule has 0 saturated carbocycles. The van der Waals surface area contributed by atoms with Crippen molar-refractivity contribution in [2.45, 2.75) is 76.7 Å². The van der Waals surface area contributed by atoms with Crippen LogP contribution in [-0.2, 0) is 9.84 Å². The largest absolute Gasteiger partial charge is 0.227 e. The molecule has 0 aliphatic carbocycles. The van der Waals surface area contributed by atoms with E-state index in [2.05, 4.69) is 25.3 Å². The molecule has 0 saturated heterocycles. The molecule has 23 heavy (non-hydrogen) atoms. The standard InChI is InChI=1S/C20H34O2S/c1-9-19(7,15-11-13-17(3)4)23(21,22)20(8,10-2)16-12-14-18(5)6/h9-10,13-14H,1-2,11-12,15-16H2,3-8H3. The summed E-state index contributed by atoms with van der Waals surface area (Å²) in [7, 11) is -3.45. The molecule has 0 spiro atoms. The fourth-order valence-corrected chi connectivity index (χ4v) is 4.80. The first-order chi connectivity index (χ1) is 10.5. The van der Waals surface area contributed by atoms with Crippen LogP contribution >= 0.6 is 0 Å². The molecule has 0 radical (unpaired) electrons. The van der Waals surface area contributed by atoms with Gasteiger partial charge in [-0.3, -0.25) is 0 Å². The molecule has 3 heteroatoms. The van der Waals surface area contributed by atoms with E-state index in [1.54, 1.807) is 26.0 Å². The lowest BCUT2D eigenvalue weighted by Gasteiger charge is -2.36. The third kappa shape index (κ3) is 5.49. The first-order valence-corrected chi connectivity index (χ1v) is 9.72. The van der Waals surface area contributed by atoms with Crippen LogP contribution in [-0.4, -0.2) is 17.9 Å². The van der Waals surface area contributed by atoms with Crippen molar-refractivity contribution in [3.05, 3.63) is 48.6 Å². The van der Waals surface area contributed by atoms with Crippen LogP contribution in [0.25, 0.3) is 0 Å². The zero-order valence-electron chi connectivity index (χ0n) is 15.8. The van der Waals surface area contributed by atoms with Gasteiger partial charge in [0.2, 0.25) is 0 Å². The van der Waals surface area contributed by atoms with Crippen LogP contribution in [0.4, 0.5) is 0 Å². The highest BCUT2D eigenvalue weighted by Crippen LogP contribution is 2.38. The van der Waals surface area contributed by atoms with Gasteiger partial charge in [-0.1, -0.05) is 35.5 Å². The normalized spacial score (nSPS) is 16.6. The van der Waals surface area contributed by atoms with Gasteiger partial charge in [0.25, 0.3) is 0 Å². The van der Waals surface area contributed by atoms with Gasteiger partial charge in [0.1, 0.15) is 0 Å². The SMILES string of the molecule is C=CC(C)(CCC=C(C)C)S(=O)(=O)C(C)(C=C)CCC=C(C)C. The smallest absolute Gasteiger partial charge is 0.168 e. The quantitative estimate of drug-likeness (QED) is 0.473. The minimum absolute atomic E-state index is 0.538. The molecule has 0 amide bonds. The summed E-state index contributed by atoms with van der Waals surface area (Å²) in [6, 6.07) is 0. The van der Waals surface area contributed by atoms with Crippen molar-refractivity contribution in [1.82, 2.24) is 0 Å². The third-order valence-electron chi connectivity index (χ3n) is 4.48. The molecule has 0 fully saturated rings. The van der Waals surface area contributed by atoms with Gasteiger partial charge < -0.3 is 0 Å². The monoisotopic (exact) mass is 338 g/mol. The van der Waals surface area contributed by atoms with E-state index in [9.17, 15) is 8.42 Å². The Balaban J connectivity index is 5.56. The van der Waals surface area contributed by atoms with Crippen LogP contribution in [0.2, 0.25) is 0 Å². The molecule has 0 aromatic heterocycles. The van der Waals surface area contributed by atoms with Crippen molar-refractivity contribution in [3.8, 4) is 0 Å². The fourth-order valence-electron chi connectivity index (χ4n) is 2.52. The summed E-state index contributed by atoms with van der Waals surface area (Å²) in [5.74, 6) is 0. The summed E-state index contributed by atoms with van der Waals surface area (Å²) in [6.45, 7) is 19.2. The zero-order valence-corrected chi connectivity index (χ0v) is 16.6. The lowest BCUT2D eigenvalue weighted by molar-refractivity contribution is 0.511. The van der Waals surface area contributed by atoms with Crippen molar-refractivity contribution >= 4 is 9.84 Å². The Hall–Kier alpha value is -1.09. The van der Waals surface area contributed by atoms with Gasteiger partial charge in [0, 0.05) is 0 Å². The van der Waals surface area contributed by atoms with Gasteiger partial charge in [-0.15, -0.1) is 13.2 Å². The highest BCUT2D eigenvalue weighted by molar-refractivity contribution is 7.94. The van der Waals surface area contributed by atoms with Gasteiger partial charge in [-0.25, -0.2) is 8.42 Å². The van der Waals surface area contributed by atoms with Gasteiger partial charge in [0.15, 0.2) is 9.84 Å². The van der Waals surface area contributed by atoms with Gasteiger partial charge in [-0.2, -0.15) is 0 Å². The molecule has 0 rings (SSSR count). The number of hydrogen-bond donors (Lipinski definition) is 0. The number of allylic oxidation sites excluding steroid dienone is 4. The second-order valence-corrected chi connectivity index (χ2v) is 10.0. The maximum atomic E-state index is 13.3. The van der Waals surface area contributed by atoms with E-state index in [1.165, 1.54) is 11.1 Å². The zero-order chi connectivity index (χ0) is 18.3. The molecule has 2 unspecified atom stereocenters. The molecule has 0 bridgehead atoms. The molecule has 2 nitrogen and oxygen atoms in total. The Morgan fingerprint density at radius 2 is 1.13 bits per heavy atom. The predicted molar refractivity (Wildman–Crippen MR) is 103 cm³/mol. The van der Waals surface area contributed by atoms with Gasteiger partial charge >= 0.3 is 0 Å². The Morgan fingerprint density at radius 3 is 1.35 bits per heavy atom. The predicted octanol–water partition coefficient (Wildman–Crippen LogP) is 5.78. The first kappa shape index (κ1) is 21.9. The summed E-state index contributed by atoms with van der Waals surface area (Å²) >= 11 is 0. The molecule has 0 N–H and O–H groups in total. The van der Waals surface area contributed by atoms with E-state index in [-0.39, 0.29) is 0 Å². The van der Waals surface area contributed by atoms with Crippen LogP contribution in [0.15, 0.2) is 48.6 Å². The molecular weight excluding hydrogens is 304 g/mol. The van der Waals surface area contributed by atoms with Gasteiger partial charge in [-0.05, 0) is 67.2 Å². The Morgan fingerprint density at radius 1 is 0.826 bits per heavy atom. The van der Waals surface area contributed by atoms with E-state index in [1.807, 2.05) is 27.7 Å². The number of rotatable bonds is 10. The van der Waals surface area contributed by atoms with Crippen molar-refractivity contribution < 1.29 is 8.42 Å². The summed E-state index contributed by atoms with van der Waals surface area (Å²) < 4.78 is 24.7. The second-order valence-electron chi connectivity index (χ2n) is 7.18. The summed E-state index contributed by atoms with van der Waals surface area (Å²) in [6.07, 6.45) is 9.85. The lowest BCUT2D eigenvalue weighted by Crippen LogP contribution is -2.46. The van der Waals surface area contributed by atoms with E-state index >= 15 is 0 Å². The highest BCUT2D eigenvalue weighted by Gasteiger charge is 2.47. The molecular formula is C20H34O2S. The summed E-state index contributed by atoms with van der Waals surface area (Å²) in [5, 5.41) is 0. The fraction of sp³-hybridized carbons (Fsp3) is 0.600. The minimum Gasteiger partial charge on any atom is -0.227 e. The summed E-state index contributed by atoms with van der Waals surface area (Å²) in [5.41, 5.74) is 2.40. The van der Waals surface area contributed by atoms with Crippen LogP contribution in [0.3, 0.4) is 0 Å². The summed E-state index contributed by atoms with van der Waals surface area (Å²) in [4.78, 5) is 0. The molecule has 0 aromatic rings. The Bertz CT molecular complexity index is 527. The lowest BCUT2D eigenvalue weighted by atomic mass is 10.0. The van der Waals surface area contributed by atoms with E-state index in [0.717, 1.165) is 12.8 Å². The van der Waals surface area contributed by atoms with Crippen molar-refractivity contribution in [3.63, 3.8) is 0 Å². The second kappa shape index (κ2) is 8.68. The maximum absolute atomic E-state index is 13.3. The number of sulfone groups is 1. The van der Waals surface area contributed by atoms with Crippen LogP contribution in [0.1, 0.15) is 67.2 Å². The average molecular weight is 339 g/mol. The van der Waals surface area contributed by atoms with Gasteiger partial charge in [0.05, 0.1) is 9.49 Å².